The van der Waals surface area contributed by atoms with Gasteiger partial charge in [-0.15, -0.1) is 0 Å². The molecule has 1 aromatic heterocycles. The van der Waals surface area contributed by atoms with Crippen LogP contribution < -0.4 is 5.56 Å². The highest BCUT2D eigenvalue weighted by Crippen LogP contribution is 2.21. The van der Waals surface area contributed by atoms with Gasteiger partial charge in [0.25, 0.3) is 5.56 Å². The van der Waals surface area contributed by atoms with Gasteiger partial charge < -0.3 is 9.67 Å². The van der Waals surface area contributed by atoms with Crippen molar-refractivity contribution in [2.75, 3.05) is 0 Å². The molecule has 0 aromatic carbocycles. The summed E-state index contributed by atoms with van der Waals surface area (Å²) in [6.45, 7) is 2.80. The van der Waals surface area contributed by atoms with Crippen LogP contribution in [0, 0.1) is 0 Å². The highest BCUT2D eigenvalue weighted by atomic mass is 16.4. The van der Waals surface area contributed by atoms with Gasteiger partial charge in [-0.2, -0.15) is 0 Å². The molecule has 1 aliphatic rings. The smallest absolute Gasteiger partial charge is 0.308 e. The first-order valence-corrected chi connectivity index (χ1v) is 6.59. The van der Waals surface area contributed by atoms with Gasteiger partial charge in [0.05, 0.1) is 6.42 Å². The first-order valence-electron chi connectivity index (χ1n) is 6.59. The van der Waals surface area contributed by atoms with Crippen molar-refractivity contribution in [1.29, 1.82) is 0 Å². The van der Waals surface area contributed by atoms with Crippen LogP contribution in [0.3, 0.4) is 0 Å². The highest BCUT2D eigenvalue weighted by Gasteiger charge is 2.19. The average Bonchev–Trinajstić information content (AvgIpc) is 2.76. The van der Waals surface area contributed by atoms with E-state index in [0.29, 0.717) is 12.1 Å². The summed E-state index contributed by atoms with van der Waals surface area (Å²) < 4.78 is 1.81. The quantitative estimate of drug-likeness (QED) is 0.865. The number of nitrogens with zero attached hydrogens (tertiary/aromatic N) is 1. The molecule has 0 saturated carbocycles. The maximum Gasteiger partial charge on any atom is 0.308 e. The molecule has 2 rings (SSSR count). The number of carbonyl (C=O) groups is 1. The summed E-state index contributed by atoms with van der Waals surface area (Å²) in [7, 11) is 0. The van der Waals surface area contributed by atoms with Gasteiger partial charge in [-0.05, 0) is 37.3 Å². The Morgan fingerprint density at radius 2 is 2.22 bits per heavy atom. The van der Waals surface area contributed by atoms with E-state index in [1.54, 1.807) is 6.07 Å². The Balaban J connectivity index is 2.45. The number of unbranched alkanes of at least 4 members (excludes halogenated alkanes) is 1. The monoisotopic (exact) mass is 249 g/mol. The number of fused-ring (bicyclic) bond motifs is 1. The fraction of sp³-hybridized carbons (Fsp3) is 0.571. The van der Waals surface area contributed by atoms with Crippen LogP contribution in [0.2, 0.25) is 0 Å². The number of aliphatic carboxylic acids is 1. The predicted octanol–water partition coefficient (Wildman–Crippen LogP) is 1.76. The van der Waals surface area contributed by atoms with E-state index in [4.69, 9.17) is 5.11 Å². The lowest BCUT2D eigenvalue weighted by atomic mass is 10.1. The topological polar surface area (TPSA) is 59.3 Å². The zero-order chi connectivity index (χ0) is 13.1. The average molecular weight is 249 g/mol. The van der Waals surface area contributed by atoms with Crippen LogP contribution in [-0.4, -0.2) is 15.6 Å². The van der Waals surface area contributed by atoms with E-state index in [0.717, 1.165) is 37.8 Å². The Morgan fingerprint density at radius 1 is 1.44 bits per heavy atom. The molecular formula is C14H19NO3. The number of hydrogen-bond donors (Lipinski definition) is 1. The largest absolute Gasteiger partial charge is 0.481 e. The number of rotatable bonds is 5. The normalized spacial score (nSPS) is 13.6. The molecule has 0 unspecified atom stereocenters. The van der Waals surface area contributed by atoms with Gasteiger partial charge in [0.15, 0.2) is 0 Å². The summed E-state index contributed by atoms with van der Waals surface area (Å²) in [6.07, 6.45) is 4.80. The SMILES string of the molecule is CCCCn1c2c(cc(CC(=O)O)c1=O)CCC2. The molecule has 4 heteroatoms. The standard InChI is InChI=1S/C14H19NO3/c1-2-3-7-15-12-6-4-5-10(12)8-11(14(15)18)9-13(16)17/h8H,2-7,9H2,1H3,(H,16,17). The predicted molar refractivity (Wildman–Crippen MR) is 69.0 cm³/mol. The van der Waals surface area contributed by atoms with Gasteiger partial charge in [0, 0.05) is 17.8 Å². The summed E-state index contributed by atoms with van der Waals surface area (Å²) in [5, 5.41) is 8.86. The van der Waals surface area contributed by atoms with Crippen LogP contribution in [0.1, 0.15) is 43.0 Å². The van der Waals surface area contributed by atoms with Gasteiger partial charge in [-0.1, -0.05) is 13.3 Å². The van der Waals surface area contributed by atoms with Crippen LogP contribution in [-0.2, 0) is 30.6 Å². The first-order chi connectivity index (χ1) is 8.63. The molecule has 18 heavy (non-hydrogen) atoms. The Morgan fingerprint density at radius 3 is 2.89 bits per heavy atom. The zero-order valence-electron chi connectivity index (χ0n) is 10.7. The summed E-state index contributed by atoms with van der Waals surface area (Å²) in [4.78, 5) is 23.1. The van der Waals surface area contributed by atoms with Crippen molar-refractivity contribution in [3.05, 3.63) is 33.2 Å². The van der Waals surface area contributed by atoms with Crippen molar-refractivity contribution in [2.24, 2.45) is 0 Å². The van der Waals surface area contributed by atoms with E-state index in [9.17, 15) is 9.59 Å². The molecule has 0 fully saturated rings. The molecule has 0 saturated heterocycles. The van der Waals surface area contributed by atoms with E-state index >= 15 is 0 Å². The van der Waals surface area contributed by atoms with Crippen molar-refractivity contribution >= 4 is 5.97 Å². The second-order valence-electron chi connectivity index (χ2n) is 4.88. The Labute approximate surface area is 106 Å². The molecule has 1 N–H and O–H groups in total. The summed E-state index contributed by atoms with van der Waals surface area (Å²) in [5.41, 5.74) is 2.62. The van der Waals surface area contributed by atoms with E-state index in [1.165, 1.54) is 5.56 Å². The second-order valence-corrected chi connectivity index (χ2v) is 4.88. The molecule has 1 aliphatic carbocycles. The van der Waals surface area contributed by atoms with Crippen LogP contribution in [0.25, 0.3) is 0 Å². The number of aryl methyl sites for hydroxylation is 1. The Kier molecular flexibility index (Phi) is 3.84. The lowest BCUT2D eigenvalue weighted by Crippen LogP contribution is -2.28. The highest BCUT2D eigenvalue weighted by molar-refractivity contribution is 5.70. The van der Waals surface area contributed by atoms with E-state index in [1.807, 2.05) is 4.57 Å². The summed E-state index contributed by atoms with van der Waals surface area (Å²) in [5.74, 6) is -0.938. The Hall–Kier alpha value is -1.58. The lowest BCUT2D eigenvalue weighted by molar-refractivity contribution is -0.136. The third-order valence-electron chi connectivity index (χ3n) is 3.50. The van der Waals surface area contributed by atoms with Crippen molar-refractivity contribution in [3.8, 4) is 0 Å². The maximum atomic E-state index is 12.3. The number of hydrogen-bond acceptors (Lipinski definition) is 2. The van der Waals surface area contributed by atoms with Gasteiger partial charge in [0.2, 0.25) is 0 Å². The molecule has 1 aromatic rings. The van der Waals surface area contributed by atoms with Crippen molar-refractivity contribution in [1.82, 2.24) is 4.57 Å². The van der Waals surface area contributed by atoms with Crippen molar-refractivity contribution in [3.63, 3.8) is 0 Å². The molecule has 98 valence electrons. The van der Waals surface area contributed by atoms with Gasteiger partial charge >= 0.3 is 5.97 Å². The minimum Gasteiger partial charge on any atom is -0.481 e. The van der Waals surface area contributed by atoms with E-state index in [2.05, 4.69) is 6.92 Å². The third-order valence-corrected chi connectivity index (χ3v) is 3.50. The zero-order valence-corrected chi connectivity index (χ0v) is 10.7. The van der Waals surface area contributed by atoms with Crippen molar-refractivity contribution < 1.29 is 9.90 Å². The number of carboxylic acid groups (broad SMARTS) is 1. The van der Waals surface area contributed by atoms with E-state index < -0.39 is 5.97 Å². The first kappa shape index (κ1) is 12.9. The molecule has 4 nitrogen and oxygen atoms in total. The molecule has 0 bridgehead atoms. The second kappa shape index (κ2) is 5.38. The molecule has 0 aliphatic heterocycles. The molecule has 0 amide bonds. The minimum atomic E-state index is -0.938. The molecule has 0 atom stereocenters. The number of aromatic nitrogens is 1. The molecule has 1 heterocycles. The molecule has 0 spiro atoms. The molecular weight excluding hydrogens is 230 g/mol. The fourth-order valence-electron chi connectivity index (χ4n) is 2.63. The number of carboxylic acids is 1. The van der Waals surface area contributed by atoms with Crippen LogP contribution in [0.15, 0.2) is 10.9 Å². The van der Waals surface area contributed by atoms with Crippen LogP contribution in [0.4, 0.5) is 0 Å². The minimum absolute atomic E-state index is 0.105. The van der Waals surface area contributed by atoms with E-state index in [-0.39, 0.29) is 12.0 Å². The Bertz CT molecular complexity index is 517. The van der Waals surface area contributed by atoms with Gasteiger partial charge in [-0.3, -0.25) is 9.59 Å². The maximum absolute atomic E-state index is 12.3. The summed E-state index contributed by atoms with van der Waals surface area (Å²) in [6, 6.07) is 1.81. The van der Waals surface area contributed by atoms with Crippen molar-refractivity contribution in [2.45, 2.75) is 52.0 Å². The van der Waals surface area contributed by atoms with Gasteiger partial charge in [0.1, 0.15) is 0 Å². The van der Waals surface area contributed by atoms with Crippen LogP contribution >= 0.6 is 0 Å². The third kappa shape index (κ3) is 2.47. The van der Waals surface area contributed by atoms with Gasteiger partial charge in [-0.25, -0.2) is 0 Å². The van der Waals surface area contributed by atoms with Crippen LogP contribution in [0.5, 0.6) is 0 Å². The lowest BCUT2D eigenvalue weighted by Gasteiger charge is -2.13. The summed E-state index contributed by atoms with van der Waals surface area (Å²) >= 11 is 0. The number of pyridine rings is 1. The fourth-order valence-corrected chi connectivity index (χ4v) is 2.63. The molecule has 0 radical (unpaired) electrons.